The Morgan fingerprint density at radius 1 is 1.71 bits per heavy atom. The topological polar surface area (TPSA) is 49.3 Å². The number of aliphatic hydroxyl groups excluding tert-OH is 1. The Hall–Kier alpha value is -1.31. The maximum absolute atomic E-state index is 11.9. The van der Waals surface area contributed by atoms with Crippen LogP contribution in [-0.4, -0.2) is 23.7 Å². The van der Waals surface area contributed by atoms with Gasteiger partial charge < -0.3 is 10.4 Å². The highest BCUT2D eigenvalue weighted by atomic mass is 32.1. The molecule has 2 N–H and O–H groups in total. The van der Waals surface area contributed by atoms with Crippen LogP contribution < -0.4 is 5.32 Å². The fraction of sp³-hybridized carbons (Fsp3) is 0.462. The predicted molar refractivity (Wildman–Crippen MR) is 67.9 cm³/mol. The van der Waals surface area contributed by atoms with Crippen molar-refractivity contribution >= 4 is 17.2 Å². The summed E-state index contributed by atoms with van der Waals surface area (Å²) in [5, 5.41) is 13.4. The van der Waals surface area contributed by atoms with Crippen LogP contribution in [0.3, 0.4) is 0 Å². The Morgan fingerprint density at radius 3 is 3.12 bits per heavy atom. The Labute approximate surface area is 105 Å². The average molecular weight is 249 g/mol. The zero-order valence-corrected chi connectivity index (χ0v) is 10.5. The number of rotatable bonds is 3. The minimum Gasteiger partial charge on any atom is -0.384 e. The van der Waals surface area contributed by atoms with Gasteiger partial charge in [0.15, 0.2) is 0 Å². The second-order valence-electron chi connectivity index (χ2n) is 4.26. The van der Waals surface area contributed by atoms with Gasteiger partial charge in [-0.05, 0) is 31.7 Å². The van der Waals surface area contributed by atoms with Gasteiger partial charge >= 0.3 is 0 Å². The van der Waals surface area contributed by atoms with Gasteiger partial charge in [0.25, 0.3) is 5.91 Å². The van der Waals surface area contributed by atoms with Crippen LogP contribution >= 0.6 is 11.3 Å². The van der Waals surface area contributed by atoms with E-state index in [4.69, 9.17) is 5.11 Å². The molecular weight excluding hydrogens is 234 g/mol. The first-order valence-corrected chi connectivity index (χ1v) is 6.58. The number of amides is 1. The summed E-state index contributed by atoms with van der Waals surface area (Å²) >= 11 is 1.42. The largest absolute Gasteiger partial charge is 0.384 e. The van der Waals surface area contributed by atoms with Gasteiger partial charge in [0, 0.05) is 11.4 Å². The lowest BCUT2D eigenvalue weighted by molar-refractivity contribution is 0.0936. The first kappa shape index (κ1) is 12.2. The highest BCUT2D eigenvalue weighted by Gasteiger charge is 2.29. The van der Waals surface area contributed by atoms with Gasteiger partial charge in [-0.3, -0.25) is 4.79 Å². The normalized spacial score (nSPS) is 15.9. The molecule has 0 aromatic carbocycles. The summed E-state index contributed by atoms with van der Waals surface area (Å²) in [5.41, 5.74) is 0.657. The third kappa shape index (κ3) is 3.32. The van der Waals surface area contributed by atoms with Crippen LogP contribution in [0.5, 0.6) is 0 Å². The molecule has 3 nitrogen and oxygen atoms in total. The number of hydrogen-bond donors (Lipinski definition) is 2. The van der Waals surface area contributed by atoms with Gasteiger partial charge in [-0.2, -0.15) is 0 Å². The summed E-state index contributed by atoms with van der Waals surface area (Å²) < 4.78 is 0. The van der Waals surface area contributed by atoms with Crippen LogP contribution in [0.1, 0.15) is 35.0 Å². The van der Waals surface area contributed by atoms with Crippen LogP contribution in [0.2, 0.25) is 0 Å². The summed E-state index contributed by atoms with van der Waals surface area (Å²) in [6.45, 7) is 1.90. The quantitative estimate of drug-likeness (QED) is 0.800. The molecule has 1 saturated carbocycles. The maximum Gasteiger partial charge on any atom is 0.252 e. The average Bonchev–Trinajstić information content (AvgIpc) is 3.06. The molecule has 1 fully saturated rings. The molecule has 4 heteroatoms. The third-order valence-corrected chi connectivity index (χ3v) is 3.69. The van der Waals surface area contributed by atoms with Gasteiger partial charge in [0.2, 0.25) is 0 Å². The van der Waals surface area contributed by atoms with Crippen LogP contribution in [0.15, 0.2) is 11.4 Å². The smallest absolute Gasteiger partial charge is 0.252 e. The van der Waals surface area contributed by atoms with Crippen molar-refractivity contribution in [2.45, 2.75) is 25.8 Å². The van der Waals surface area contributed by atoms with Gasteiger partial charge in [-0.15, -0.1) is 11.3 Å². The highest BCUT2D eigenvalue weighted by molar-refractivity contribution is 7.10. The lowest BCUT2D eigenvalue weighted by Gasteiger charge is -2.11. The van der Waals surface area contributed by atoms with E-state index in [0.29, 0.717) is 11.5 Å². The van der Waals surface area contributed by atoms with E-state index >= 15 is 0 Å². The van der Waals surface area contributed by atoms with Crippen molar-refractivity contribution in [3.05, 3.63) is 21.9 Å². The standard InChI is InChI=1S/C13H15NO2S/c1-9(10-4-5-10)14-13(16)11-7-12(17-8-11)3-2-6-15/h7-10,15H,4-6H2,1H3,(H,14,16). The van der Waals surface area contributed by atoms with Crippen LogP contribution in [-0.2, 0) is 0 Å². The second kappa shape index (κ2) is 5.35. The number of carbonyl (C=O) groups excluding carboxylic acids is 1. The summed E-state index contributed by atoms with van der Waals surface area (Å²) in [6.07, 6.45) is 2.44. The van der Waals surface area contributed by atoms with E-state index in [9.17, 15) is 4.79 Å². The van der Waals surface area contributed by atoms with E-state index in [1.54, 1.807) is 11.4 Å². The molecule has 1 aliphatic rings. The van der Waals surface area contributed by atoms with E-state index in [0.717, 1.165) is 4.88 Å². The molecule has 0 bridgehead atoms. The molecule has 2 rings (SSSR count). The first-order chi connectivity index (χ1) is 8.20. The molecule has 1 amide bonds. The molecule has 17 heavy (non-hydrogen) atoms. The summed E-state index contributed by atoms with van der Waals surface area (Å²) in [4.78, 5) is 12.7. The molecule has 0 spiro atoms. The SMILES string of the molecule is CC(NC(=O)c1csc(C#CCO)c1)C1CC1. The predicted octanol–water partition coefficient (Wildman–Crippen LogP) is 1.62. The zero-order valence-electron chi connectivity index (χ0n) is 9.69. The third-order valence-electron chi connectivity index (χ3n) is 2.84. The van der Waals surface area contributed by atoms with Crippen molar-refractivity contribution in [1.29, 1.82) is 0 Å². The van der Waals surface area contributed by atoms with Crippen molar-refractivity contribution in [3.8, 4) is 11.8 Å². The minimum atomic E-state index is -0.155. The van der Waals surface area contributed by atoms with Crippen molar-refractivity contribution in [1.82, 2.24) is 5.32 Å². The van der Waals surface area contributed by atoms with Gasteiger partial charge in [-0.25, -0.2) is 0 Å². The monoisotopic (exact) mass is 249 g/mol. The van der Waals surface area contributed by atoms with Gasteiger partial charge in [0.05, 0.1) is 10.4 Å². The molecule has 0 radical (unpaired) electrons. The Kier molecular flexibility index (Phi) is 3.82. The van der Waals surface area contributed by atoms with Crippen molar-refractivity contribution in [3.63, 3.8) is 0 Å². The fourth-order valence-electron chi connectivity index (χ4n) is 1.65. The molecule has 0 aliphatic heterocycles. The number of thiophene rings is 1. The van der Waals surface area contributed by atoms with E-state index in [1.807, 2.05) is 0 Å². The molecule has 1 unspecified atom stereocenters. The zero-order chi connectivity index (χ0) is 12.3. The Morgan fingerprint density at radius 2 is 2.47 bits per heavy atom. The summed E-state index contributed by atoms with van der Waals surface area (Å²) in [5.74, 6) is 6.00. The molecular formula is C13H15NO2S. The van der Waals surface area contributed by atoms with Gasteiger partial charge in [-0.1, -0.05) is 11.8 Å². The van der Waals surface area contributed by atoms with E-state index in [-0.39, 0.29) is 18.6 Å². The molecule has 1 aromatic heterocycles. The molecule has 1 heterocycles. The number of carbonyl (C=O) groups is 1. The summed E-state index contributed by atoms with van der Waals surface area (Å²) in [7, 11) is 0. The van der Waals surface area contributed by atoms with Crippen molar-refractivity contribution < 1.29 is 9.90 Å². The van der Waals surface area contributed by atoms with Gasteiger partial charge in [0.1, 0.15) is 6.61 Å². The maximum atomic E-state index is 11.9. The van der Waals surface area contributed by atoms with E-state index < -0.39 is 0 Å². The number of hydrogen-bond acceptors (Lipinski definition) is 3. The molecule has 1 aliphatic carbocycles. The van der Waals surface area contributed by atoms with E-state index in [1.165, 1.54) is 24.2 Å². The van der Waals surface area contributed by atoms with Crippen molar-refractivity contribution in [2.24, 2.45) is 5.92 Å². The fourth-order valence-corrected chi connectivity index (χ4v) is 2.41. The molecule has 1 atom stereocenters. The Bertz CT molecular complexity index is 465. The minimum absolute atomic E-state index is 0.0299. The lowest BCUT2D eigenvalue weighted by Crippen LogP contribution is -2.33. The second-order valence-corrected chi connectivity index (χ2v) is 5.17. The molecule has 1 aromatic rings. The van der Waals surface area contributed by atoms with Crippen molar-refractivity contribution in [2.75, 3.05) is 6.61 Å². The first-order valence-electron chi connectivity index (χ1n) is 5.70. The van der Waals surface area contributed by atoms with E-state index in [2.05, 4.69) is 24.1 Å². The Balaban J connectivity index is 1.96. The van der Waals surface area contributed by atoms with Crippen LogP contribution in [0.25, 0.3) is 0 Å². The van der Waals surface area contributed by atoms with Crippen LogP contribution in [0, 0.1) is 17.8 Å². The highest BCUT2D eigenvalue weighted by Crippen LogP contribution is 2.32. The van der Waals surface area contributed by atoms with Crippen LogP contribution in [0.4, 0.5) is 0 Å². The number of aliphatic hydroxyl groups is 1. The molecule has 0 saturated heterocycles. The lowest BCUT2D eigenvalue weighted by atomic mass is 10.2. The number of nitrogens with one attached hydrogen (secondary N) is 1. The molecule has 90 valence electrons. The summed E-state index contributed by atoms with van der Waals surface area (Å²) in [6, 6.07) is 2.02.